The maximum absolute atomic E-state index is 11.8. The van der Waals surface area contributed by atoms with Crippen LogP contribution in [0.25, 0.3) is 0 Å². The molecule has 3 nitrogen and oxygen atoms in total. The summed E-state index contributed by atoms with van der Waals surface area (Å²) in [6.07, 6.45) is 2.84. The first-order chi connectivity index (χ1) is 7.17. The quantitative estimate of drug-likeness (QED) is 0.402. The molecule has 0 saturated heterocycles. The highest BCUT2D eigenvalue weighted by molar-refractivity contribution is 7.87. The van der Waals surface area contributed by atoms with E-state index in [0.717, 1.165) is 12.8 Å². The van der Waals surface area contributed by atoms with Crippen LogP contribution in [-0.4, -0.2) is 20.5 Å². The maximum Gasteiger partial charge on any atom is 0.523 e. The Morgan fingerprint density at radius 2 is 1.69 bits per heavy atom. The fourth-order valence-electron chi connectivity index (χ4n) is 1.07. The average molecular weight is 262 g/mol. The molecule has 0 aliphatic rings. The summed E-state index contributed by atoms with van der Waals surface area (Å²) in [6.45, 7) is 3.69. The van der Waals surface area contributed by atoms with E-state index in [1.165, 1.54) is 0 Å². The minimum Gasteiger partial charge on any atom is -0.263 e. The summed E-state index contributed by atoms with van der Waals surface area (Å²) < 4.78 is 60.1. The SMILES string of the molecule is CC(C)CCCCCOS(=O)(=O)C(F)(F)F. The molecule has 0 aromatic carbocycles. The highest BCUT2D eigenvalue weighted by Gasteiger charge is 2.47. The van der Waals surface area contributed by atoms with Crippen LogP contribution in [0.3, 0.4) is 0 Å². The third-order valence-electron chi connectivity index (χ3n) is 1.95. The lowest BCUT2D eigenvalue weighted by atomic mass is 10.1. The molecule has 0 rings (SSSR count). The summed E-state index contributed by atoms with van der Waals surface area (Å²) in [5.41, 5.74) is -5.31. The highest BCUT2D eigenvalue weighted by Crippen LogP contribution is 2.24. The lowest BCUT2D eigenvalue weighted by Gasteiger charge is -2.08. The van der Waals surface area contributed by atoms with Crippen LogP contribution in [0.4, 0.5) is 13.2 Å². The second-order valence-electron chi connectivity index (χ2n) is 3.97. The van der Waals surface area contributed by atoms with Crippen molar-refractivity contribution < 1.29 is 25.8 Å². The first-order valence-corrected chi connectivity index (χ1v) is 6.53. The molecule has 0 atom stereocenters. The van der Waals surface area contributed by atoms with Crippen molar-refractivity contribution in [3.63, 3.8) is 0 Å². The van der Waals surface area contributed by atoms with Crippen LogP contribution >= 0.6 is 0 Å². The van der Waals surface area contributed by atoms with Crippen LogP contribution in [0.15, 0.2) is 0 Å². The van der Waals surface area contributed by atoms with Crippen molar-refractivity contribution in [3.8, 4) is 0 Å². The Morgan fingerprint density at radius 3 is 2.12 bits per heavy atom. The Labute approximate surface area is 94.1 Å². The third kappa shape index (κ3) is 6.32. The molecule has 0 spiro atoms. The van der Waals surface area contributed by atoms with Gasteiger partial charge in [0, 0.05) is 0 Å². The smallest absolute Gasteiger partial charge is 0.263 e. The van der Waals surface area contributed by atoms with Gasteiger partial charge in [0.2, 0.25) is 0 Å². The maximum atomic E-state index is 11.8. The molecule has 7 heteroatoms. The largest absolute Gasteiger partial charge is 0.523 e. The molecular formula is C9H17F3O3S. The van der Waals surface area contributed by atoms with E-state index in [0.29, 0.717) is 18.8 Å². The van der Waals surface area contributed by atoms with Crippen LogP contribution in [0.1, 0.15) is 39.5 Å². The summed E-state index contributed by atoms with van der Waals surface area (Å²) in [4.78, 5) is 0. The van der Waals surface area contributed by atoms with Crippen molar-refractivity contribution in [2.24, 2.45) is 5.92 Å². The molecule has 0 aliphatic heterocycles. The molecule has 0 aliphatic carbocycles. The Hall–Kier alpha value is -0.300. The standard InChI is InChI=1S/C9H17F3O3S/c1-8(2)6-4-3-5-7-15-16(13,14)9(10,11)12/h8H,3-7H2,1-2H3. The second-order valence-corrected chi connectivity index (χ2v) is 5.57. The van der Waals surface area contributed by atoms with E-state index in [4.69, 9.17) is 0 Å². The van der Waals surface area contributed by atoms with Gasteiger partial charge in [-0.15, -0.1) is 0 Å². The molecule has 16 heavy (non-hydrogen) atoms. The van der Waals surface area contributed by atoms with Crippen LogP contribution in [0, 0.1) is 5.92 Å². The Balaban J connectivity index is 3.68. The van der Waals surface area contributed by atoms with Crippen LogP contribution < -0.4 is 0 Å². The van der Waals surface area contributed by atoms with Gasteiger partial charge in [0.15, 0.2) is 0 Å². The van der Waals surface area contributed by atoms with Gasteiger partial charge < -0.3 is 0 Å². The molecule has 0 amide bonds. The number of unbranched alkanes of at least 4 members (excludes halogenated alkanes) is 2. The number of hydrogen-bond donors (Lipinski definition) is 0. The topological polar surface area (TPSA) is 43.4 Å². The van der Waals surface area contributed by atoms with Gasteiger partial charge in [-0.2, -0.15) is 21.6 Å². The van der Waals surface area contributed by atoms with Crippen molar-refractivity contribution >= 4 is 10.1 Å². The molecule has 0 bridgehead atoms. The number of alkyl halides is 3. The van der Waals surface area contributed by atoms with E-state index in [2.05, 4.69) is 4.18 Å². The molecule has 0 radical (unpaired) electrons. The van der Waals surface area contributed by atoms with Gasteiger partial charge in [-0.1, -0.05) is 33.1 Å². The molecule has 0 aromatic rings. The summed E-state index contributed by atoms with van der Waals surface area (Å²) in [6, 6.07) is 0. The molecule has 0 N–H and O–H groups in total. The zero-order valence-electron chi connectivity index (χ0n) is 9.38. The molecule has 0 unspecified atom stereocenters. The first-order valence-electron chi connectivity index (χ1n) is 5.12. The Morgan fingerprint density at radius 1 is 1.12 bits per heavy atom. The number of halogens is 3. The summed E-state index contributed by atoms with van der Waals surface area (Å²) in [7, 11) is -5.40. The van der Waals surface area contributed by atoms with E-state index in [-0.39, 0.29) is 0 Å². The molecule has 0 aromatic heterocycles. The lowest BCUT2D eigenvalue weighted by Crippen LogP contribution is -2.25. The summed E-state index contributed by atoms with van der Waals surface area (Å²) in [5, 5.41) is 0. The molecule has 0 saturated carbocycles. The third-order valence-corrected chi connectivity index (χ3v) is 2.99. The number of hydrogen-bond acceptors (Lipinski definition) is 3. The molecular weight excluding hydrogens is 245 g/mol. The fraction of sp³-hybridized carbons (Fsp3) is 1.00. The molecule has 0 heterocycles. The Bertz CT molecular complexity index is 283. The van der Waals surface area contributed by atoms with E-state index < -0.39 is 22.2 Å². The first kappa shape index (κ1) is 15.7. The van der Waals surface area contributed by atoms with Crippen LogP contribution in [0.5, 0.6) is 0 Å². The van der Waals surface area contributed by atoms with Crippen LogP contribution in [0.2, 0.25) is 0 Å². The monoisotopic (exact) mass is 262 g/mol. The summed E-state index contributed by atoms with van der Waals surface area (Å²) >= 11 is 0. The Kier molecular flexibility index (Phi) is 6.32. The van der Waals surface area contributed by atoms with E-state index in [9.17, 15) is 21.6 Å². The summed E-state index contributed by atoms with van der Waals surface area (Å²) in [5.74, 6) is 0.542. The zero-order valence-corrected chi connectivity index (χ0v) is 10.2. The predicted octanol–water partition coefficient (Wildman–Crippen LogP) is 3.07. The van der Waals surface area contributed by atoms with Gasteiger partial charge in [0.1, 0.15) is 0 Å². The zero-order chi connectivity index (χ0) is 12.8. The van der Waals surface area contributed by atoms with Crippen molar-refractivity contribution in [3.05, 3.63) is 0 Å². The van der Waals surface area contributed by atoms with Crippen LogP contribution in [-0.2, 0) is 14.3 Å². The van der Waals surface area contributed by atoms with Crippen molar-refractivity contribution in [1.82, 2.24) is 0 Å². The van der Waals surface area contributed by atoms with Gasteiger partial charge in [0.25, 0.3) is 0 Å². The molecule has 0 fully saturated rings. The second kappa shape index (κ2) is 6.44. The van der Waals surface area contributed by atoms with E-state index in [1.54, 1.807) is 0 Å². The minimum absolute atomic E-state index is 0.321. The van der Waals surface area contributed by atoms with E-state index >= 15 is 0 Å². The van der Waals surface area contributed by atoms with Gasteiger partial charge in [0.05, 0.1) is 6.61 Å². The predicted molar refractivity (Wildman–Crippen MR) is 54.2 cm³/mol. The van der Waals surface area contributed by atoms with Gasteiger partial charge in [-0.25, -0.2) is 0 Å². The average Bonchev–Trinajstić information content (AvgIpc) is 2.08. The molecule has 98 valence electrons. The fourth-order valence-corrected chi connectivity index (χ4v) is 1.54. The normalized spacial score (nSPS) is 13.4. The van der Waals surface area contributed by atoms with Gasteiger partial charge in [-0.3, -0.25) is 4.18 Å². The number of rotatable bonds is 7. The van der Waals surface area contributed by atoms with Gasteiger partial charge in [-0.05, 0) is 12.3 Å². The van der Waals surface area contributed by atoms with Crippen molar-refractivity contribution in [2.45, 2.75) is 45.0 Å². The van der Waals surface area contributed by atoms with Crippen molar-refractivity contribution in [2.75, 3.05) is 6.61 Å². The van der Waals surface area contributed by atoms with Gasteiger partial charge >= 0.3 is 15.6 Å². The highest BCUT2D eigenvalue weighted by atomic mass is 32.2. The minimum atomic E-state index is -5.40. The lowest BCUT2D eigenvalue weighted by molar-refractivity contribution is -0.0542. The van der Waals surface area contributed by atoms with Crippen molar-refractivity contribution in [1.29, 1.82) is 0 Å². The van der Waals surface area contributed by atoms with E-state index in [1.807, 2.05) is 13.8 Å².